The second kappa shape index (κ2) is 12.5. The molecule has 0 aliphatic rings. The molecule has 3 nitrogen and oxygen atoms in total. The topological polar surface area (TPSA) is 33.6 Å². The van der Waals surface area contributed by atoms with E-state index >= 15 is 0 Å². The largest absolute Gasteiger partial charge is 0.332 e. The van der Waals surface area contributed by atoms with Crippen LogP contribution in [0.5, 0.6) is 0 Å². The fourth-order valence-corrected chi connectivity index (χ4v) is 8.86. The summed E-state index contributed by atoms with van der Waals surface area (Å²) in [7, 11) is -0.907. The fourth-order valence-electron chi connectivity index (χ4n) is 5.49. The number of hydrogen-bond donors (Lipinski definition) is 1. The summed E-state index contributed by atoms with van der Waals surface area (Å²) in [5.41, 5.74) is 8.70. The summed E-state index contributed by atoms with van der Waals surface area (Å²) in [4.78, 5) is 0. The van der Waals surface area contributed by atoms with Gasteiger partial charge in [-0.1, -0.05) is 128 Å². The molecule has 0 saturated heterocycles. The van der Waals surface area contributed by atoms with Crippen LogP contribution >= 0.6 is 7.43 Å². The molecule has 0 fully saturated rings. The predicted molar refractivity (Wildman–Crippen MR) is 190 cm³/mol. The molecule has 1 atom stereocenters. The van der Waals surface area contributed by atoms with Crippen LogP contribution in [0.2, 0.25) is 0 Å². The van der Waals surface area contributed by atoms with Gasteiger partial charge in [0.15, 0.2) is 7.43 Å². The molecule has 1 N–H and O–H groups in total. The Kier molecular flexibility index (Phi) is 11.0. The van der Waals surface area contributed by atoms with Crippen molar-refractivity contribution in [1.29, 1.82) is 0 Å². The lowest BCUT2D eigenvalue weighted by molar-refractivity contribution is 0.420. The quantitative estimate of drug-likeness (QED) is 0.323. The van der Waals surface area contributed by atoms with Crippen molar-refractivity contribution in [3.63, 3.8) is 0 Å². The van der Waals surface area contributed by atoms with Crippen LogP contribution < -0.4 is 10.4 Å². The minimum absolute atomic E-state index is 0.0258. The van der Waals surface area contributed by atoms with Crippen molar-refractivity contribution in [2.75, 3.05) is 7.11 Å². The third-order valence-electron chi connectivity index (χ3n) is 7.99. The van der Waals surface area contributed by atoms with E-state index in [0.717, 1.165) is 5.69 Å². The Morgan fingerprint density at radius 1 is 0.619 bits per heavy atom. The highest BCUT2D eigenvalue weighted by molar-refractivity contribution is 7.67. The molecule has 1 unspecified atom stereocenters. The minimum atomic E-state index is -2.78. The van der Waals surface area contributed by atoms with Gasteiger partial charge in [0.1, 0.15) is 0 Å². The van der Waals surface area contributed by atoms with E-state index in [0.29, 0.717) is 17.8 Å². The lowest BCUT2D eigenvalue weighted by Gasteiger charge is -2.38. The molecule has 0 aromatic heterocycles. The first kappa shape index (κ1) is 36.8. The smallest absolute Gasteiger partial charge is 0.187 e. The maximum Gasteiger partial charge on any atom is 0.187 e. The zero-order valence-corrected chi connectivity index (χ0v) is 31.7. The van der Waals surface area contributed by atoms with Crippen LogP contribution in [-0.2, 0) is 20.8 Å². The Balaban J connectivity index is 3.41. The fraction of sp³-hybridized carbons (Fsp3) is 0.684. The van der Waals surface area contributed by atoms with Crippen molar-refractivity contribution in [3.05, 3.63) is 57.6 Å². The van der Waals surface area contributed by atoms with E-state index in [1.165, 1.54) is 38.7 Å². The van der Waals surface area contributed by atoms with Crippen LogP contribution in [-0.4, -0.2) is 12.6 Å². The van der Waals surface area contributed by atoms with E-state index in [9.17, 15) is 0 Å². The summed E-state index contributed by atoms with van der Waals surface area (Å²) in [6, 6.07) is 9.71. The summed E-state index contributed by atoms with van der Waals surface area (Å²) >= 11 is 0. The monoisotopic (exact) mass is 596 g/mol. The average molecular weight is 597 g/mol. The standard InChI is InChI=1S/C38H65N2OP/c1-24(2)27-20-29(25(3)4)34(30(21-27)26(5)6)42(41-19,40-38(16,17)18)39-33-31(36(10,11)12)22-28(35(7,8)9)23-32(33)37(13,14)15/h20-26,40H,1-19H3. The van der Waals surface area contributed by atoms with Crippen LogP contribution in [0.4, 0.5) is 5.69 Å². The Morgan fingerprint density at radius 2 is 1.02 bits per heavy atom. The van der Waals surface area contributed by atoms with E-state index in [1.54, 1.807) is 0 Å². The summed E-state index contributed by atoms with van der Waals surface area (Å²) in [6.07, 6.45) is 0. The number of nitrogens with one attached hydrogen (secondary N) is 1. The summed E-state index contributed by atoms with van der Waals surface area (Å²) in [5, 5.41) is 5.32. The third kappa shape index (κ3) is 8.40. The second-order valence-electron chi connectivity index (χ2n) is 17.4. The highest BCUT2D eigenvalue weighted by Crippen LogP contribution is 2.56. The Bertz CT molecular complexity index is 1240. The van der Waals surface area contributed by atoms with Gasteiger partial charge < -0.3 is 4.52 Å². The normalized spacial score (nSPS) is 15.1. The molecule has 0 spiro atoms. The van der Waals surface area contributed by atoms with E-state index < -0.39 is 7.43 Å². The number of rotatable bonds is 7. The molecule has 0 saturated carbocycles. The molecule has 0 heterocycles. The zero-order valence-electron chi connectivity index (χ0n) is 30.8. The van der Waals surface area contributed by atoms with E-state index in [1.807, 2.05) is 7.11 Å². The van der Waals surface area contributed by atoms with Gasteiger partial charge in [-0.05, 0) is 88.2 Å². The van der Waals surface area contributed by atoms with Gasteiger partial charge in [-0.15, -0.1) is 0 Å². The van der Waals surface area contributed by atoms with E-state index in [2.05, 4.69) is 154 Å². The van der Waals surface area contributed by atoms with Gasteiger partial charge in [0.2, 0.25) is 0 Å². The first-order valence-corrected chi connectivity index (χ1v) is 17.8. The molecule has 0 aliphatic heterocycles. The SMILES string of the molecule is COP(=Nc1c(C(C)(C)C)cc(C(C)(C)C)cc1C(C)(C)C)(NC(C)(C)C)c1c(C(C)C)cc(C(C)C)cc1C(C)C. The molecule has 238 valence electrons. The Morgan fingerprint density at radius 3 is 1.29 bits per heavy atom. The Labute approximate surface area is 261 Å². The third-order valence-corrected chi connectivity index (χ3v) is 11.1. The van der Waals surface area contributed by atoms with Gasteiger partial charge in [-0.25, -0.2) is 4.74 Å². The summed E-state index contributed by atoms with van der Waals surface area (Å²) in [6.45, 7) is 41.4. The molecule has 0 radical (unpaired) electrons. The van der Waals surface area contributed by atoms with Gasteiger partial charge in [-0.2, -0.15) is 0 Å². The van der Waals surface area contributed by atoms with Gasteiger partial charge >= 0.3 is 0 Å². The van der Waals surface area contributed by atoms with Gasteiger partial charge in [0.25, 0.3) is 0 Å². The number of hydrogen-bond acceptors (Lipinski definition) is 2. The molecule has 2 aromatic rings. The lowest BCUT2D eigenvalue weighted by Crippen LogP contribution is -2.39. The first-order chi connectivity index (χ1) is 18.7. The van der Waals surface area contributed by atoms with Crippen molar-refractivity contribution in [2.45, 2.75) is 164 Å². The molecule has 2 rings (SSSR count). The van der Waals surface area contributed by atoms with Crippen molar-refractivity contribution in [1.82, 2.24) is 5.09 Å². The number of benzene rings is 2. The van der Waals surface area contributed by atoms with Gasteiger partial charge in [0.05, 0.1) is 5.69 Å². The van der Waals surface area contributed by atoms with Crippen molar-refractivity contribution in [2.24, 2.45) is 4.74 Å². The van der Waals surface area contributed by atoms with Crippen LogP contribution in [0.25, 0.3) is 0 Å². The van der Waals surface area contributed by atoms with Gasteiger partial charge in [0, 0.05) is 18.0 Å². The minimum Gasteiger partial charge on any atom is -0.332 e. The molecule has 42 heavy (non-hydrogen) atoms. The van der Waals surface area contributed by atoms with Crippen LogP contribution in [0, 0.1) is 0 Å². The predicted octanol–water partition coefficient (Wildman–Crippen LogP) is 12.0. The molecular weight excluding hydrogens is 531 g/mol. The maximum atomic E-state index is 6.85. The lowest BCUT2D eigenvalue weighted by atomic mass is 9.74. The highest BCUT2D eigenvalue weighted by atomic mass is 31.2. The van der Waals surface area contributed by atoms with Crippen LogP contribution in [0.1, 0.15) is 176 Å². The Hall–Kier alpha value is -1.41. The van der Waals surface area contributed by atoms with E-state index in [-0.39, 0.29) is 21.8 Å². The van der Waals surface area contributed by atoms with Gasteiger partial charge in [-0.3, -0.25) is 5.09 Å². The van der Waals surface area contributed by atoms with Crippen molar-refractivity contribution < 1.29 is 4.52 Å². The molecule has 2 aromatic carbocycles. The zero-order chi connectivity index (χ0) is 32.8. The van der Waals surface area contributed by atoms with Crippen LogP contribution in [0.15, 0.2) is 29.0 Å². The summed E-state index contributed by atoms with van der Waals surface area (Å²) in [5.74, 6) is 1.10. The molecule has 4 heteroatoms. The van der Waals surface area contributed by atoms with Crippen molar-refractivity contribution in [3.8, 4) is 0 Å². The maximum absolute atomic E-state index is 6.85. The molecule has 0 amide bonds. The van der Waals surface area contributed by atoms with Crippen molar-refractivity contribution >= 4 is 18.4 Å². The number of nitrogens with zero attached hydrogens (tertiary/aromatic N) is 1. The average Bonchev–Trinajstić information content (AvgIpc) is 2.79. The molecule has 0 aliphatic carbocycles. The summed E-state index contributed by atoms with van der Waals surface area (Å²) < 4.78 is 12.8. The van der Waals surface area contributed by atoms with E-state index in [4.69, 9.17) is 9.27 Å². The second-order valence-corrected chi connectivity index (χ2v) is 19.8. The highest BCUT2D eigenvalue weighted by Gasteiger charge is 2.37. The first-order valence-electron chi connectivity index (χ1n) is 16.1. The molecular formula is C38H65N2OP. The van der Waals surface area contributed by atoms with Crippen LogP contribution in [0.3, 0.4) is 0 Å². The molecule has 0 bridgehead atoms.